The summed E-state index contributed by atoms with van der Waals surface area (Å²) in [4.78, 5) is 7.11. The van der Waals surface area contributed by atoms with Gasteiger partial charge in [-0.2, -0.15) is 0 Å². The molecular weight excluding hydrogens is 258 g/mol. The summed E-state index contributed by atoms with van der Waals surface area (Å²) in [6, 6.07) is 10.6. The van der Waals surface area contributed by atoms with E-state index in [4.69, 9.17) is 4.98 Å². The average Bonchev–Trinajstić information content (AvgIpc) is 2.42. The number of para-hydroxylation sites is 1. The first-order valence-corrected chi connectivity index (χ1v) is 7.71. The second kappa shape index (κ2) is 6.44. The van der Waals surface area contributed by atoms with Crippen LogP contribution in [0.3, 0.4) is 0 Å². The van der Waals surface area contributed by atoms with Crippen molar-refractivity contribution in [1.82, 2.24) is 10.3 Å². The third-order valence-corrected chi connectivity index (χ3v) is 3.43. The Labute approximate surface area is 128 Å². The van der Waals surface area contributed by atoms with Crippen molar-refractivity contribution < 1.29 is 0 Å². The van der Waals surface area contributed by atoms with E-state index in [1.54, 1.807) is 0 Å². The van der Waals surface area contributed by atoms with E-state index in [-0.39, 0.29) is 5.41 Å². The van der Waals surface area contributed by atoms with E-state index in [0.29, 0.717) is 0 Å². The van der Waals surface area contributed by atoms with Crippen molar-refractivity contribution in [2.75, 3.05) is 25.0 Å². The Morgan fingerprint density at radius 3 is 2.57 bits per heavy atom. The van der Waals surface area contributed by atoms with E-state index in [1.165, 1.54) is 11.1 Å². The summed E-state index contributed by atoms with van der Waals surface area (Å²) in [6.07, 6.45) is 0. The van der Waals surface area contributed by atoms with Crippen molar-refractivity contribution in [1.29, 1.82) is 0 Å². The zero-order chi connectivity index (χ0) is 15.5. The van der Waals surface area contributed by atoms with Crippen LogP contribution in [0.1, 0.15) is 33.4 Å². The Balaban J connectivity index is 2.43. The minimum absolute atomic E-state index is 0.265. The molecule has 0 aliphatic carbocycles. The van der Waals surface area contributed by atoms with Crippen molar-refractivity contribution in [2.24, 2.45) is 5.41 Å². The van der Waals surface area contributed by atoms with Gasteiger partial charge in [-0.05, 0) is 24.1 Å². The van der Waals surface area contributed by atoms with Crippen molar-refractivity contribution in [3.05, 3.63) is 36.0 Å². The van der Waals surface area contributed by atoms with E-state index >= 15 is 0 Å². The van der Waals surface area contributed by atoms with Gasteiger partial charge in [0.2, 0.25) is 0 Å². The van der Waals surface area contributed by atoms with Gasteiger partial charge in [0.25, 0.3) is 0 Å². The fraction of sp³-hybridized carbons (Fsp3) is 0.500. The second-order valence-corrected chi connectivity index (χ2v) is 6.85. The first kappa shape index (κ1) is 15.8. The molecule has 3 heteroatoms. The maximum absolute atomic E-state index is 4.76. The normalized spacial score (nSPS) is 11.9. The predicted molar refractivity (Wildman–Crippen MR) is 91.8 cm³/mol. The molecule has 1 aromatic heterocycles. The maximum Gasteiger partial charge on any atom is 0.0726 e. The molecule has 0 radical (unpaired) electrons. The molecule has 0 bridgehead atoms. The molecule has 0 amide bonds. The highest BCUT2D eigenvalue weighted by Gasteiger charge is 2.16. The highest BCUT2D eigenvalue weighted by molar-refractivity contribution is 5.91. The summed E-state index contributed by atoms with van der Waals surface area (Å²) >= 11 is 0. The zero-order valence-corrected chi connectivity index (χ0v) is 13.9. The Morgan fingerprint density at radius 2 is 1.90 bits per heavy atom. The quantitative estimate of drug-likeness (QED) is 0.905. The minimum Gasteiger partial charge on any atom is -0.373 e. The molecule has 1 heterocycles. The molecule has 1 N–H and O–H groups in total. The predicted octanol–water partition coefficient (Wildman–Crippen LogP) is 3.83. The first-order chi connectivity index (χ1) is 9.90. The molecule has 1 aromatic carbocycles. The molecule has 2 aromatic rings. The smallest absolute Gasteiger partial charge is 0.0726 e. The molecule has 0 saturated heterocycles. The van der Waals surface area contributed by atoms with Gasteiger partial charge in [0, 0.05) is 31.2 Å². The van der Waals surface area contributed by atoms with Gasteiger partial charge in [0.05, 0.1) is 11.2 Å². The summed E-state index contributed by atoms with van der Waals surface area (Å²) in [6.45, 7) is 11.7. The number of anilines is 1. The molecule has 2 rings (SSSR count). The number of nitrogens with one attached hydrogen (secondary N) is 1. The largest absolute Gasteiger partial charge is 0.373 e. The summed E-state index contributed by atoms with van der Waals surface area (Å²) in [7, 11) is 2.17. The lowest BCUT2D eigenvalue weighted by atomic mass is 9.96. The molecule has 114 valence electrons. The lowest BCUT2D eigenvalue weighted by Crippen LogP contribution is -2.29. The fourth-order valence-corrected chi connectivity index (χ4v) is 2.67. The molecule has 0 aliphatic rings. The van der Waals surface area contributed by atoms with Crippen LogP contribution < -0.4 is 10.2 Å². The first-order valence-electron chi connectivity index (χ1n) is 7.71. The number of benzene rings is 1. The number of aromatic nitrogens is 1. The molecule has 21 heavy (non-hydrogen) atoms. The topological polar surface area (TPSA) is 28.2 Å². The van der Waals surface area contributed by atoms with Crippen LogP contribution in [0.15, 0.2) is 30.3 Å². The van der Waals surface area contributed by atoms with Crippen molar-refractivity contribution in [3.63, 3.8) is 0 Å². The Bertz CT molecular complexity index is 599. The van der Waals surface area contributed by atoms with Crippen molar-refractivity contribution in [2.45, 2.75) is 34.2 Å². The van der Waals surface area contributed by atoms with Gasteiger partial charge in [-0.25, -0.2) is 0 Å². The van der Waals surface area contributed by atoms with E-state index in [2.05, 4.69) is 75.3 Å². The second-order valence-electron chi connectivity index (χ2n) is 6.85. The van der Waals surface area contributed by atoms with Gasteiger partial charge < -0.3 is 10.2 Å². The molecular formula is C18H27N3. The van der Waals surface area contributed by atoms with Crippen molar-refractivity contribution >= 4 is 16.6 Å². The third-order valence-electron chi connectivity index (χ3n) is 3.43. The van der Waals surface area contributed by atoms with Crippen LogP contribution in [0.2, 0.25) is 0 Å². The fourth-order valence-electron chi connectivity index (χ4n) is 2.67. The maximum atomic E-state index is 4.76. The number of rotatable bonds is 5. The number of fused-ring (bicyclic) bond motifs is 1. The highest BCUT2D eigenvalue weighted by Crippen LogP contribution is 2.28. The van der Waals surface area contributed by atoms with Gasteiger partial charge in [-0.15, -0.1) is 0 Å². The lowest BCUT2D eigenvalue weighted by molar-refractivity contribution is 0.419. The minimum atomic E-state index is 0.265. The van der Waals surface area contributed by atoms with E-state index < -0.39 is 0 Å². The van der Waals surface area contributed by atoms with Crippen LogP contribution in [0.25, 0.3) is 10.9 Å². The van der Waals surface area contributed by atoms with Gasteiger partial charge >= 0.3 is 0 Å². The third kappa shape index (κ3) is 4.18. The molecule has 0 spiro atoms. The highest BCUT2D eigenvalue weighted by atomic mass is 15.1. The Morgan fingerprint density at radius 1 is 1.19 bits per heavy atom. The number of hydrogen-bond acceptors (Lipinski definition) is 3. The lowest BCUT2D eigenvalue weighted by Gasteiger charge is -2.29. The van der Waals surface area contributed by atoms with Gasteiger partial charge in [-0.1, -0.05) is 45.9 Å². The Kier molecular flexibility index (Phi) is 4.84. The van der Waals surface area contributed by atoms with Crippen LogP contribution in [-0.2, 0) is 6.54 Å². The zero-order valence-electron chi connectivity index (χ0n) is 13.9. The molecule has 0 saturated carbocycles. The van der Waals surface area contributed by atoms with Crippen LogP contribution in [0.5, 0.6) is 0 Å². The molecule has 0 aliphatic heterocycles. The summed E-state index contributed by atoms with van der Waals surface area (Å²) in [5.74, 6) is 0. The summed E-state index contributed by atoms with van der Waals surface area (Å²) in [5.41, 5.74) is 3.71. The van der Waals surface area contributed by atoms with Crippen LogP contribution in [0, 0.1) is 5.41 Å². The number of nitrogens with zero attached hydrogens (tertiary/aromatic N) is 2. The molecule has 3 nitrogen and oxygen atoms in total. The average molecular weight is 285 g/mol. The molecule has 0 unspecified atom stereocenters. The monoisotopic (exact) mass is 285 g/mol. The van der Waals surface area contributed by atoms with Crippen LogP contribution in [0.4, 0.5) is 5.69 Å². The van der Waals surface area contributed by atoms with Gasteiger partial charge in [0.1, 0.15) is 0 Å². The van der Waals surface area contributed by atoms with Gasteiger partial charge in [0.15, 0.2) is 0 Å². The van der Waals surface area contributed by atoms with E-state index in [9.17, 15) is 0 Å². The van der Waals surface area contributed by atoms with E-state index in [0.717, 1.165) is 30.8 Å². The van der Waals surface area contributed by atoms with Crippen LogP contribution >= 0.6 is 0 Å². The Hall–Kier alpha value is -1.61. The van der Waals surface area contributed by atoms with Gasteiger partial charge in [-0.3, -0.25) is 4.98 Å². The molecule has 0 fully saturated rings. The summed E-state index contributed by atoms with van der Waals surface area (Å²) in [5, 5.41) is 4.59. The number of hydrogen-bond donors (Lipinski definition) is 1. The summed E-state index contributed by atoms with van der Waals surface area (Å²) < 4.78 is 0. The van der Waals surface area contributed by atoms with Crippen molar-refractivity contribution in [3.8, 4) is 0 Å². The van der Waals surface area contributed by atoms with E-state index in [1.807, 2.05) is 0 Å². The van der Waals surface area contributed by atoms with Crippen LogP contribution in [-0.4, -0.2) is 25.1 Å². The number of pyridine rings is 1. The SMILES string of the molecule is CCNCc1cc(N(C)CC(C)(C)C)c2ccccc2n1. The molecule has 0 atom stereocenters. The standard InChI is InChI=1S/C18H27N3/c1-6-19-12-14-11-17(21(5)13-18(2,3)4)15-9-7-8-10-16(15)20-14/h7-11,19H,6,12-13H2,1-5H3.